The number of sulfonamides is 1. The summed E-state index contributed by atoms with van der Waals surface area (Å²) in [5.41, 5.74) is 7.64. The number of hydrogen-bond acceptors (Lipinski definition) is 4. The van der Waals surface area contributed by atoms with Gasteiger partial charge in [-0.15, -0.1) is 0 Å². The Morgan fingerprint density at radius 2 is 1.58 bits per heavy atom. The molecule has 8 heteroatoms. The Morgan fingerprint density at radius 1 is 0.939 bits per heavy atom. The van der Waals surface area contributed by atoms with Gasteiger partial charge >= 0.3 is 0 Å². The lowest BCUT2D eigenvalue weighted by Gasteiger charge is -2.23. The predicted molar refractivity (Wildman–Crippen MR) is 129 cm³/mol. The molecule has 6 nitrogen and oxygen atoms in total. The van der Waals surface area contributed by atoms with E-state index in [0.29, 0.717) is 0 Å². The summed E-state index contributed by atoms with van der Waals surface area (Å²) in [5, 5.41) is 3.99. The van der Waals surface area contributed by atoms with Crippen LogP contribution in [0.2, 0.25) is 0 Å². The van der Waals surface area contributed by atoms with Gasteiger partial charge in [0.1, 0.15) is 12.4 Å². The van der Waals surface area contributed by atoms with E-state index in [1.165, 1.54) is 30.5 Å². The van der Waals surface area contributed by atoms with Crippen LogP contribution in [-0.4, -0.2) is 27.1 Å². The van der Waals surface area contributed by atoms with Gasteiger partial charge in [-0.2, -0.15) is 5.10 Å². The van der Waals surface area contributed by atoms with Crippen molar-refractivity contribution in [3.8, 4) is 0 Å². The molecule has 1 amide bonds. The zero-order valence-corrected chi connectivity index (χ0v) is 19.8. The van der Waals surface area contributed by atoms with E-state index >= 15 is 0 Å². The van der Waals surface area contributed by atoms with Crippen molar-refractivity contribution >= 4 is 27.8 Å². The molecule has 0 spiro atoms. The molecule has 0 unspecified atom stereocenters. The fourth-order valence-corrected chi connectivity index (χ4v) is 4.64. The van der Waals surface area contributed by atoms with Crippen LogP contribution in [0.1, 0.15) is 27.8 Å². The van der Waals surface area contributed by atoms with Crippen molar-refractivity contribution in [2.45, 2.75) is 32.6 Å². The Labute approximate surface area is 193 Å². The quantitative estimate of drug-likeness (QED) is 0.413. The third kappa shape index (κ3) is 5.64. The minimum atomic E-state index is -4.07. The van der Waals surface area contributed by atoms with E-state index in [2.05, 4.69) is 10.5 Å². The molecule has 3 rings (SSSR count). The molecule has 0 aromatic heterocycles. The normalized spacial score (nSPS) is 11.5. The van der Waals surface area contributed by atoms with Crippen LogP contribution in [0.3, 0.4) is 0 Å². The molecule has 0 saturated carbocycles. The monoisotopic (exact) mass is 467 g/mol. The van der Waals surface area contributed by atoms with E-state index in [-0.39, 0.29) is 10.6 Å². The summed E-state index contributed by atoms with van der Waals surface area (Å²) >= 11 is 0. The van der Waals surface area contributed by atoms with Crippen molar-refractivity contribution in [3.63, 3.8) is 0 Å². The second-order valence-corrected chi connectivity index (χ2v) is 9.68. The molecular formula is C25H26FN3O3S. The van der Waals surface area contributed by atoms with Crippen molar-refractivity contribution in [1.82, 2.24) is 5.43 Å². The topological polar surface area (TPSA) is 78.8 Å². The number of nitrogens with one attached hydrogen (secondary N) is 1. The third-order valence-electron chi connectivity index (χ3n) is 5.50. The number of amides is 1. The lowest BCUT2D eigenvalue weighted by molar-refractivity contribution is -0.119. The van der Waals surface area contributed by atoms with Gasteiger partial charge in [0.25, 0.3) is 15.9 Å². The minimum Gasteiger partial charge on any atom is -0.271 e. The molecule has 3 aromatic carbocycles. The predicted octanol–water partition coefficient (Wildman–Crippen LogP) is 4.40. The van der Waals surface area contributed by atoms with Crippen LogP contribution in [-0.2, 0) is 14.8 Å². The summed E-state index contributed by atoms with van der Waals surface area (Å²) in [6.07, 6.45) is 1.52. The van der Waals surface area contributed by atoms with Crippen LogP contribution >= 0.6 is 0 Å². The van der Waals surface area contributed by atoms with Gasteiger partial charge in [-0.25, -0.2) is 18.2 Å². The smallest absolute Gasteiger partial charge is 0.264 e. The van der Waals surface area contributed by atoms with Gasteiger partial charge in [0, 0.05) is 0 Å². The number of carbonyl (C=O) groups is 1. The Balaban J connectivity index is 1.84. The lowest BCUT2D eigenvalue weighted by Crippen LogP contribution is -2.39. The summed E-state index contributed by atoms with van der Waals surface area (Å²) in [6, 6.07) is 15.1. The first-order valence-corrected chi connectivity index (χ1v) is 11.8. The van der Waals surface area contributed by atoms with E-state index in [4.69, 9.17) is 0 Å². The summed E-state index contributed by atoms with van der Waals surface area (Å²) in [4.78, 5) is 12.6. The minimum absolute atomic E-state index is 0.0273. The average Bonchev–Trinajstić information content (AvgIpc) is 2.78. The molecule has 1 N–H and O–H groups in total. The number of rotatable bonds is 7. The van der Waals surface area contributed by atoms with Gasteiger partial charge in [0.15, 0.2) is 0 Å². The van der Waals surface area contributed by atoms with E-state index in [1.54, 1.807) is 12.1 Å². The van der Waals surface area contributed by atoms with Crippen molar-refractivity contribution in [1.29, 1.82) is 0 Å². The summed E-state index contributed by atoms with van der Waals surface area (Å²) < 4.78 is 40.9. The van der Waals surface area contributed by atoms with Crippen LogP contribution in [0.15, 0.2) is 70.7 Å². The Kier molecular flexibility index (Phi) is 7.28. The molecule has 0 bridgehead atoms. The molecular weight excluding hydrogens is 441 g/mol. The summed E-state index contributed by atoms with van der Waals surface area (Å²) in [7, 11) is -4.07. The number of anilines is 1. The fraction of sp³-hybridized carbons (Fsp3) is 0.200. The maximum Gasteiger partial charge on any atom is 0.264 e. The highest BCUT2D eigenvalue weighted by Gasteiger charge is 2.27. The molecule has 3 aromatic rings. The standard InChI is InChI=1S/C25H26FN3O3S/c1-17-5-13-24(14-6-17)33(31,32)29(23-11-9-22(26)10-12-23)16-25(30)28-27-15-21-8-7-18(2)19(3)20(21)4/h5-15H,16H2,1-4H3,(H,28,30)/b27-15-. The molecule has 0 aliphatic heterocycles. The van der Waals surface area contributed by atoms with Gasteiger partial charge in [0.2, 0.25) is 0 Å². The van der Waals surface area contributed by atoms with Crippen LogP contribution in [0, 0.1) is 33.5 Å². The Bertz CT molecular complexity index is 1290. The van der Waals surface area contributed by atoms with Crippen LogP contribution < -0.4 is 9.73 Å². The largest absolute Gasteiger partial charge is 0.271 e. The fourth-order valence-electron chi connectivity index (χ4n) is 3.22. The number of benzene rings is 3. The highest BCUT2D eigenvalue weighted by molar-refractivity contribution is 7.92. The van der Waals surface area contributed by atoms with Crippen molar-refractivity contribution in [3.05, 3.63) is 94.3 Å². The van der Waals surface area contributed by atoms with Crippen molar-refractivity contribution in [2.24, 2.45) is 5.10 Å². The van der Waals surface area contributed by atoms with E-state index in [0.717, 1.165) is 44.3 Å². The number of aryl methyl sites for hydroxylation is 2. The second kappa shape index (κ2) is 9.95. The molecule has 0 radical (unpaired) electrons. The maximum absolute atomic E-state index is 13.4. The van der Waals surface area contributed by atoms with Crippen LogP contribution in [0.4, 0.5) is 10.1 Å². The molecule has 0 aliphatic carbocycles. The zero-order chi connectivity index (χ0) is 24.2. The highest BCUT2D eigenvalue weighted by Crippen LogP contribution is 2.24. The first kappa shape index (κ1) is 24.1. The van der Waals surface area contributed by atoms with Gasteiger partial charge in [-0.05, 0) is 86.3 Å². The van der Waals surface area contributed by atoms with Gasteiger partial charge in [0.05, 0.1) is 16.8 Å². The number of hydrazone groups is 1. The zero-order valence-electron chi connectivity index (χ0n) is 19.0. The number of hydrogen-bond donors (Lipinski definition) is 1. The average molecular weight is 468 g/mol. The molecule has 0 fully saturated rings. The van der Waals surface area contributed by atoms with Gasteiger partial charge < -0.3 is 0 Å². The molecule has 172 valence electrons. The molecule has 0 atom stereocenters. The number of halogens is 1. The third-order valence-corrected chi connectivity index (χ3v) is 7.29. The molecule has 33 heavy (non-hydrogen) atoms. The van der Waals surface area contributed by atoms with E-state index < -0.39 is 28.3 Å². The second-order valence-electron chi connectivity index (χ2n) is 7.82. The van der Waals surface area contributed by atoms with Crippen molar-refractivity contribution < 1.29 is 17.6 Å². The molecule has 0 heterocycles. The summed E-state index contributed by atoms with van der Waals surface area (Å²) in [5.74, 6) is -1.14. The first-order valence-electron chi connectivity index (χ1n) is 10.3. The number of carbonyl (C=O) groups excluding carboxylic acids is 1. The maximum atomic E-state index is 13.4. The lowest BCUT2D eigenvalue weighted by atomic mass is 10.00. The Hall–Kier alpha value is -3.52. The SMILES string of the molecule is Cc1ccc(S(=O)(=O)N(CC(=O)N/N=C\c2ccc(C)c(C)c2C)c2ccc(F)cc2)cc1. The number of nitrogens with zero attached hydrogens (tertiary/aromatic N) is 2. The molecule has 0 aliphatic rings. The highest BCUT2D eigenvalue weighted by atomic mass is 32.2. The van der Waals surface area contributed by atoms with E-state index in [9.17, 15) is 17.6 Å². The van der Waals surface area contributed by atoms with Crippen molar-refractivity contribution in [2.75, 3.05) is 10.8 Å². The van der Waals surface area contributed by atoms with Gasteiger partial charge in [-0.1, -0.05) is 29.8 Å². The van der Waals surface area contributed by atoms with Crippen LogP contribution in [0.5, 0.6) is 0 Å². The van der Waals surface area contributed by atoms with Gasteiger partial charge in [-0.3, -0.25) is 9.10 Å². The van der Waals surface area contributed by atoms with Crippen LogP contribution in [0.25, 0.3) is 0 Å². The summed E-state index contributed by atoms with van der Waals surface area (Å²) in [6.45, 7) is 7.32. The van der Waals surface area contributed by atoms with E-state index in [1.807, 2.05) is 39.8 Å². The Morgan fingerprint density at radius 3 is 2.21 bits per heavy atom. The molecule has 0 saturated heterocycles. The first-order chi connectivity index (χ1) is 15.6.